The van der Waals surface area contributed by atoms with Gasteiger partial charge in [-0.2, -0.15) is 0 Å². The van der Waals surface area contributed by atoms with E-state index in [-0.39, 0.29) is 37.1 Å². The third-order valence-corrected chi connectivity index (χ3v) is 28.2. The van der Waals surface area contributed by atoms with Gasteiger partial charge in [-0.3, -0.25) is 0 Å². The molecular weight excluding hydrogens is 648 g/mol. The van der Waals surface area contributed by atoms with Crippen molar-refractivity contribution in [3.8, 4) is 11.5 Å². The van der Waals surface area contributed by atoms with E-state index in [4.69, 9.17) is 0 Å². The van der Waals surface area contributed by atoms with E-state index < -0.39 is 0 Å². The van der Waals surface area contributed by atoms with Crippen LogP contribution in [-0.4, -0.2) is 20.7 Å². The Kier molecular flexibility index (Phi) is 12.8. The Morgan fingerprint density at radius 3 is 1.21 bits per heavy atom. The van der Waals surface area contributed by atoms with Gasteiger partial charge in [0, 0.05) is 0 Å². The molecule has 2 nitrogen and oxygen atoms in total. The molecule has 0 spiro atoms. The van der Waals surface area contributed by atoms with Crippen LogP contribution in [0.2, 0.25) is 0 Å². The Balaban J connectivity index is 1.89. The molecule has 0 amide bonds. The predicted molar refractivity (Wildman–Crippen MR) is 207 cm³/mol. The van der Waals surface area contributed by atoms with Crippen molar-refractivity contribution in [3.63, 3.8) is 0 Å². The quantitative estimate of drug-likeness (QED) is 0.240. The van der Waals surface area contributed by atoms with Gasteiger partial charge in [-0.1, -0.05) is 0 Å². The summed E-state index contributed by atoms with van der Waals surface area (Å²) in [6.07, 6.45) is 12.3. The molecule has 4 rings (SSSR count). The Bertz CT molecular complexity index is 1380. The summed E-state index contributed by atoms with van der Waals surface area (Å²) < 4.78 is 0. The van der Waals surface area contributed by atoms with Gasteiger partial charge in [0.05, 0.1) is 0 Å². The first kappa shape index (κ1) is 39.2. The van der Waals surface area contributed by atoms with Gasteiger partial charge in [0.15, 0.2) is 0 Å². The van der Waals surface area contributed by atoms with Crippen molar-refractivity contribution in [3.05, 3.63) is 57.6 Å². The number of hydrogen-bond donors (Lipinski definition) is 2. The number of rotatable bonds is 10. The number of hydrogen-bond acceptors (Lipinski definition) is 2. The van der Waals surface area contributed by atoms with Gasteiger partial charge < -0.3 is 0 Å². The SMILES string of the molecule is CCC(C)(CC)c1cc(C(C)(C)C)cc(C[S]2=[Ti]=[S](Cc3cc(C(C)(C)C)cc(C(C)(CC)CC)c3O)[C@H]3CCCCCCC32)c1O. The summed E-state index contributed by atoms with van der Waals surface area (Å²) in [7, 11) is 0.679. The molecule has 1 aliphatic heterocycles. The second-order valence-electron chi connectivity index (χ2n) is 17.4. The van der Waals surface area contributed by atoms with Gasteiger partial charge in [0.1, 0.15) is 0 Å². The zero-order valence-electron chi connectivity index (χ0n) is 32.2. The van der Waals surface area contributed by atoms with Crippen LogP contribution in [0.4, 0.5) is 0 Å². The third-order valence-electron chi connectivity index (χ3n) is 12.2. The molecule has 4 atom stereocenters. The number of phenols is 2. The predicted octanol–water partition coefficient (Wildman–Crippen LogP) is 13.1. The van der Waals surface area contributed by atoms with Crippen molar-refractivity contribution >= 4 is 15.9 Å². The summed E-state index contributed by atoms with van der Waals surface area (Å²) in [6.45, 7) is 27.8. The Labute approximate surface area is 299 Å². The molecule has 1 saturated carbocycles. The molecule has 47 heavy (non-hydrogen) atoms. The van der Waals surface area contributed by atoms with E-state index in [1.54, 1.807) is 0 Å². The molecule has 3 unspecified atom stereocenters. The summed E-state index contributed by atoms with van der Waals surface area (Å²) in [5, 5.41) is 25.6. The molecule has 2 N–H and O–H groups in total. The first-order valence-corrected chi connectivity index (χ1v) is 25.6. The molecule has 2 aromatic carbocycles. The molecule has 5 heteroatoms. The number of phenolic OH excluding ortho intramolecular Hbond substituents is 2. The van der Waals surface area contributed by atoms with Crippen LogP contribution in [0.1, 0.15) is 181 Å². The zero-order valence-corrected chi connectivity index (χ0v) is 35.4. The van der Waals surface area contributed by atoms with Crippen molar-refractivity contribution < 1.29 is 25.7 Å². The van der Waals surface area contributed by atoms with Crippen LogP contribution < -0.4 is 0 Å². The average Bonchev–Trinajstić information content (AvgIpc) is 3.30. The molecule has 1 fully saturated rings. The number of fused-ring (bicyclic) bond motifs is 1. The van der Waals surface area contributed by atoms with E-state index in [9.17, 15) is 10.2 Å². The van der Waals surface area contributed by atoms with E-state index in [1.165, 1.54) is 71.9 Å². The van der Waals surface area contributed by atoms with Crippen molar-refractivity contribution in [1.82, 2.24) is 0 Å². The van der Waals surface area contributed by atoms with Crippen LogP contribution in [0, 0.1) is 0 Å². The minimum absolute atomic E-state index is 0.0129. The Morgan fingerprint density at radius 2 is 0.915 bits per heavy atom. The van der Waals surface area contributed by atoms with Gasteiger partial charge in [-0.05, 0) is 0 Å². The monoisotopic (exact) mass is 716 g/mol. The molecule has 0 saturated heterocycles. The summed E-state index contributed by atoms with van der Waals surface area (Å²) in [4.78, 5) is 0. The van der Waals surface area contributed by atoms with Gasteiger partial charge in [0.2, 0.25) is 0 Å². The van der Waals surface area contributed by atoms with Gasteiger partial charge >= 0.3 is 302 Å². The molecular formula is C42H68O2S2Ti. The standard InChI is InChI=1S/C42H68O2S2.Ti/c1-13-41(11,14-2)33-25-31(39(5,6)7)23-29(37(33)43)27-45-35-21-19-17-18-20-22-36(35)46-28-30-24-32(40(8,9)10)26-34(38(30)44)42(12,15-3)16-4;/h23-26,35-36,43-44H,13-22,27-28H2,1-12H3;/t35-,36?;/m0./s1. The van der Waals surface area contributed by atoms with E-state index in [0.29, 0.717) is 27.4 Å². The molecule has 264 valence electrons. The summed E-state index contributed by atoms with van der Waals surface area (Å²) >= 11 is -0.262. The molecule has 1 heterocycles. The van der Waals surface area contributed by atoms with Crippen LogP contribution in [0.3, 0.4) is 0 Å². The minimum atomic E-state index is -0.262. The van der Waals surface area contributed by atoms with E-state index in [0.717, 1.165) is 47.7 Å². The van der Waals surface area contributed by atoms with Crippen LogP contribution in [0.5, 0.6) is 11.5 Å². The van der Waals surface area contributed by atoms with Crippen molar-refractivity contribution in [2.24, 2.45) is 0 Å². The summed E-state index contributed by atoms with van der Waals surface area (Å²) in [5.74, 6) is 3.30. The maximum absolute atomic E-state index is 12.0. The molecule has 0 radical (unpaired) electrons. The fourth-order valence-corrected chi connectivity index (χ4v) is 28.4. The van der Waals surface area contributed by atoms with E-state index in [2.05, 4.69) is 107 Å². The van der Waals surface area contributed by atoms with Crippen molar-refractivity contribution in [2.45, 2.75) is 191 Å². The molecule has 1 aliphatic carbocycles. The maximum atomic E-state index is 12.0. The number of aromatic hydroxyl groups is 2. The van der Waals surface area contributed by atoms with Crippen molar-refractivity contribution in [2.75, 3.05) is 0 Å². The Hall–Kier alpha value is -0.546. The fraction of sp³-hybridized carbons (Fsp3) is 0.714. The van der Waals surface area contributed by atoms with E-state index in [1.807, 2.05) is 0 Å². The normalized spacial score (nSPS) is 22.6. The molecule has 0 aromatic heterocycles. The van der Waals surface area contributed by atoms with Crippen LogP contribution in [0.25, 0.3) is 0 Å². The molecule has 2 aliphatic rings. The van der Waals surface area contributed by atoms with Gasteiger partial charge in [-0.25, -0.2) is 0 Å². The van der Waals surface area contributed by atoms with Gasteiger partial charge in [0.25, 0.3) is 0 Å². The first-order valence-electron chi connectivity index (χ1n) is 18.8. The summed E-state index contributed by atoms with van der Waals surface area (Å²) in [5.41, 5.74) is 7.59. The zero-order chi connectivity index (χ0) is 34.9. The Morgan fingerprint density at radius 1 is 0.574 bits per heavy atom. The van der Waals surface area contributed by atoms with Crippen LogP contribution >= 0.6 is 15.9 Å². The molecule has 0 bridgehead atoms. The molecule has 2 aromatic rings. The third kappa shape index (κ3) is 8.51. The van der Waals surface area contributed by atoms with E-state index >= 15 is 0 Å². The fourth-order valence-electron chi connectivity index (χ4n) is 7.59. The van der Waals surface area contributed by atoms with Gasteiger partial charge in [-0.15, -0.1) is 0 Å². The van der Waals surface area contributed by atoms with Crippen LogP contribution in [-0.2, 0) is 48.6 Å². The average molecular weight is 717 g/mol. The second-order valence-corrected chi connectivity index (χ2v) is 28.8. The topological polar surface area (TPSA) is 40.5 Å². The second kappa shape index (κ2) is 15.4. The van der Waals surface area contributed by atoms with Crippen LogP contribution in [0.15, 0.2) is 24.3 Å². The first-order chi connectivity index (χ1) is 21.9. The summed E-state index contributed by atoms with van der Waals surface area (Å²) in [6, 6.07) is 9.46. The van der Waals surface area contributed by atoms with Crippen molar-refractivity contribution in [1.29, 1.82) is 0 Å². The number of benzene rings is 2.